The van der Waals surface area contributed by atoms with Crippen molar-refractivity contribution in [3.63, 3.8) is 0 Å². The van der Waals surface area contributed by atoms with Crippen molar-refractivity contribution < 1.29 is 0 Å². The van der Waals surface area contributed by atoms with Crippen LogP contribution >= 0.6 is 0 Å². The molecule has 0 aromatic heterocycles. The van der Waals surface area contributed by atoms with Gasteiger partial charge in [0.05, 0.1) is 0 Å². The first-order valence-electron chi connectivity index (χ1n) is 6.60. The summed E-state index contributed by atoms with van der Waals surface area (Å²) in [6.07, 6.45) is 9.43. The van der Waals surface area contributed by atoms with Crippen LogP contribution in [0.1, 0.15) is 46.5 Å². The van der Waals surface area contributed by atoms with E-state index in [1.165, 1.54) is 25.7 Å². The summed E-state index contributed by atoms with van der Waals surface area (Å²) in [4.78, 5) is 0. The lowest BCUT2D eigenvalue weighted by molar-refractivity contribution is 0.230. The lowest BCUT2D eigenvalue weighted by atomic mass is 9.85. The fourth-order valence-corrected chi connectivity index (χ4v) is 3.79. The molecule has 2 rings (SSSR count). The molecule has 0 heterocycles. The van der Waals surface area contributed by atoms with Gasteiger partial charge in [0, 0.05) is 18.1 Å². The molecule has 0 radical (unpaired) electrons. The van der Waals surface area contributed by atoms with Gasteiger partial charge in [-0.3, -0.25) is 0 Å². The highest BCUT2D eigenvalue weighted by molar-refractivity contribution is 5.08. The molecule has 2 heteroatoms. The molecule has 0 spiro atoms. The van der Waals surface area contributed by atoms with Crippen LogP contribution in [0.25, 0.3) is 0 Å². The van der Waals surface area contributed by atoms with E-state index in [1.807, 2.05) is 0 Å². The minimum atomic E-state index is 0.181. The van der Waals surface area contributed by atoms with E-state index in [-0.39, 0.29) is 5.54 Å². The van der Waals surface area contributed by atoms with Crippen LogP contribution < -0.4 is 11.1 Å². The second kappa shape index (κ2) is 4.15. The summed E-state index contributed by atoms with van der Waals surface area (Å²) in [6.45, 7) is 7.87. The Bertz CT molecular complexity index is 274. The molecule has 2 nitrogen and oxygen atoms in total. The van der Waals surface area contributed by atoms with Crippen molar-refractivity contribution in [1.82, 2.24) is 5.32 Å². The summed E-state index contributed by atoms with van der Waals surface area (Å²) in [5.74, 6) is 0.688. The molecule has 0 aliphatic heterocycles. The molecular weight excluding hydrogens is 196 g/mol. The van der Waals surface area contributed by atoms with Gasteiger partial charge in [-0.2, -0.15) is 0 Å². The molecule has 2 unspecified atom stereocenters. The first-order valence-corrected chi connectivity index (χ1v) is 6.60. The molecule has 0 aromatic carbocycles. The molecule has 0 amide bonds. The van der Waals surface area contributed by atoms with Gasteiger partial charge in [-0.25, -0.2) is 0 Å². The van der Waals surface area contributed by atoms with Gasteiger partial charge >= 0.3 is 0 Å². The number of rotatable bonds is 3. The summed E-state index contributed by atoms with van der Waals surface area (Å²) in [6, 6.07) is 0.625. The normalized spacial score (nSPS) is 38.4. The standard InChI is InChI=1S/C14H26N2/c1-11-8-13(2,3)9-14(11,10-15)16-12-6-4-5-7-12/h4-5,11-12,16H,6-10,15H2,1-3H3. The first kappa shape index (κ1) is 12.1. The predicted molar refractivity (Wildman–Crippen MR) is 69.3 cm³/mol. The molecular formula is C14H26N2. The van der Waals surface area contributed by atoms with Crippen LogP contribution in [-0.4, -0.2) is 18.1 Å². The summed E-state index contributed by atoms with van der Waals surface area (Å²) < 4.78 is 0. The van der Waals surface area contributed by atoms with Gasteiger partial charge in [-0.05, 0) is 37.0 Å². The predicted octanol–water partition coefficient (Wildman–Crippen LogP) is 2.45. The van der Waals surface area contributed by atoms with Crippen LogP contribution in [-0.2, 0) is 0 Å². The topological polar surface area (TPSA) is 38.0 Å². The van der Waals surface area contributed by atoms with Crippen molar-refractivity contribution in [2.75, 3.05) is 6.54 Å². The molecule has 0 bridgehead atoms. The molecule has 3 N–H and O–H groups in total. The Kier molecular flexibility index (Phi) is 3.15. The van der Waals surface area contributed by atoms with Gasteiger partial charge in [-0.1, -0.05) is 32.9 Å². The second-order valence-corrected chi connectivity index (χ2v) is 6.59. The molecule has 1 saturated carbocycles. The quantitative estimate of drug-likeness (QED) is 0.720. The largest absolute Gasteiger partial charge is 0.329 e. The van der Waals surface area contributed by atoms with Crippen molar-refractivity contribution in [1.29, 1.82) is 0 Å². The third kappa shape index (κ3) is 2.18. The molecule has 2 aliphatic carbocycles. The Balaban J connectivity index is 2.07. The average Bonchev–Trinajstić information content (AvgIpc) is 2.74. The molecule has 1 fully saturated rings. The molecule has 2 atom stereocenters. The zero-order chi connectivity index (χ0) is 11.8. The fraction of sp³-hybridized carbons (Fsp3) is 0.857. The van der Waals surface area contributed by atoms with Crippen LogP contribution in [0.3, 0.4) is 0 Å². The van der Waals surface area contributed by atoms with E-state index in [0.29, 0.717) is 17.4 Å². The molecule has 2 aliphatic rings. The first-order chi connectivity index (χ1) is 7.47. The maximum atomic E-state index is 6.08. The Morgan fingerprint density at radius 2 is 1.94 bits per heavy atom. The maximum Gasteiger partial charge on any atom is 0.0337 e. The Morgan fingerprint density at radius 1 is 1.31 bits per heavy atom. The van der Waals surface area contributed by atoms with Gasteiger partial charge in [0.25, 0.3) is 0 Å². The van der Waals surface area contributed by atoms with Crippen molar-refractivity contribution in [3.8, 4) is 0 Å². The van der Waals surface area contributed by atoms with Gasteiger partial charge in [0.1, 0.15) is 0 Å². The van der Waals surface area contributed by atoms with Crippen LogP contribution in [0, 0.1) is 11.3 Å². The molecule has 16 heavy (non-hydrogen) atoms. The lowest BCUT2D eigenvalue weighted by Crippen LogP contribution is -2.56. The van der Waals surface area contributed by atoms with E-state index in [2.05, 4.69) is 38.2 Å². The highest BCUT2D eigenvalue weighted by atomic mass is 15.1. The third-order valence-electron chi connectivity index (χ3n) is 4.46. The number of hydrogen-bond donors (Lipinski definition) is 2. The zero-order valence-electron chi connectivity index (χ0n) is 10.9. The Hall–Kier alpha value is -0.340. The maximum absolute atomic E-state index is 6.08. The van der Waals surface area contributed by atoms with E-state index >= 15 is 0 Å². The second-order valence-electron chi connectivity index (χ2n) is 6.59. The fourth-order valence-electron chi connectivity index (χ4n) is 3.79. The van der Waals surface area contributed by atoms with Crippen molar-refractivity contribution >= 4 is 0 Å². The van der Waals surface area contributed by atoms with Gasteiger partial charge in [0.2, 0.25) is 0 Å². The summed E-state index contributed by atoms with van der Waals surface area (Å²) in [5.41, 5.74) is 6.70. The van der Waals surface area contributed by atoms with E-state index in [0.717, 1.165) is 6.54 Å². The highest BCUT2D eigenvalue weighted by Gasteiger charge is 2.48. The summed E-state index contributed by atoms with van der Waals surface area (Å²) in [7, 11) is 0. The van der Waals surface area contributed by atoms with Crippen molar-refractivity contribution in [3.05, 3.63) is 12.2 Å². The van der Waals surface area contributed by atoms with E-state index in [9.17, 15) is 0 Å². The van der Waals surface area contributed by atoms with Gasteiger partial charge < -0.3 is 11.1 Å². The van der Waals surface area contributed by atoms with Crippen LogP contribution in [0.2, 0.25) is 0 Å². The highest BCUT2D eigenvalue weighted by Crippen LogP contribution is 2.47. The van der Waals surface area contributed by atoms with E-state index < -0.39 is 0 Å². The minimum Gasteiger partial charge on any atom is -0.329 e. The van der Waals surface area contributed by atoms with Crippen LogP contribution in [0.5, 0.6) is 0 Å². The van der Waals surface area contributed by atoms with Crippen molar-refractivity contribution in [2.45, 2.75) is 58.0 Å². The van der Waals surface area contributed by atoms with Gasteiger partial charge in [-0.15, -0.1) is 0 Å². The number of nitrogens with one attached hydrogen (secondary N) is 1. The molecule has 0 aromatic rings. The summed E-state index contributed by atoms with van der Waals surface area (Å²) >= 11 is 0. The third-order valence-corrected chi connectivity index (χ3v) is 4.46. The lowest BCUT2D eigenvalue weighted by Gasteiger charge is -2.37. The van der Waals surface area contributed by atoms with Crippen LogP contribution in [0.15, 0.2) is 12.2 Å². The molecule has 0 saturated heterocycles. The average molecular weight is 222 g/mol. The van der Waals surface area contributed by atoms with Crippen LogP contribution in [0.4, 0.5) is 0 Å². The monoisotopic (exact) mass is 222 g/mol. The molecule has 92 valence electrons. The zero-order valence-corrected chi connectivity index (χ0v) is 10.9. The SMILES string of the molecule is CC1CC(C)(C)CC1(CN)NC1CC=CC1. The summed E-state index contributed by atoms with van der Waals surface area (Å²) in [5, 5.41) is 3.86. The number of hydrogen-bond acceptors (Lipinski definition) is 2. The van der Waals surface area contributed by atoms with E-state index in [1.54, 1.807) is 0 Å². The van der Waals surface area contributed by atoms with E-state index in [4.69, 9.17) is 5.73 Å². The Morgan fingerprint density at radius 3 is 2.38 bits per heavy atom. The Labute approximate surface area is 99.7 Å². The van der Waals surface area contributed by atoms with Gasteiger partial charge in [0.15, 0.2) is 0 Å². The minimum absolute atomic E-state index is 0.181. The van der Waals surface area contributed by atoms with Crippen molar-refractivity contribution in [2.24, 2.45) is 17.1 Å². The number of nitrogens with two attached hydrogens (primary N) is 1. The smallest absolute Gasteiger partial charge is 0.0337 e.